The van der Waals surface area contributed by atoms with Crippen LogP contribution in [0.15, 0.2) is 42.5 Å². The first-order chi connectivity index (χ1) is 6.64. The fraction of sp³-hybridized carbons (Fsp3) is 0.333. The number of benzene rings is 1. The van der Waals surface area contributed by atoms with E-state index in [1.165, 1.54) is 0 Å². The molecule has 0 heterocycles. The molecule has 0 aliphatic heterocycles. The Balaban J connectivity index is 2.63. The minimum atomic E-state index is -0.475. The number of allylic oxidation sites excluding steroid dienone is 1. The van der Waals surface area contributed by atoms with Crippen molar-refractivity contribution in [3.05, 3.63) is 42.5 Å². The molecule has 1 aromatic rings. The molecule has 0 saturated carbocycles. The molecule has 0 spiro atoms. The van der Waals surface area contributed by atoms with Gasteiger partial charge in [-0.1, -0.05) is 31.2 Å². The molecule has 0 aliphatic carbocycles. The average Bonchev–Trinajstić information content (AvgIpc) is 2.16. The molecule has 0 bridgehead atoms. The van der Waals surface area contributed by atoms with Crippen LogP contribution in [0.25, 0.3) is 0 Å². The Bertz CT molecular complexity index is 288. The third kappa shape index (κ3) is 3.62. The highest BCUT2D eigenvalue weighted by Crippen LogP contribution is 2.11. The number of nitrogens with one attached hydrogen (secondary N) is 1. The second kappa shape index (κ2) is 4.82. The predicted octanol–water partition coefficient (Wildman–Crippen LogP) is 2.74. The quantitative estimate of drug-likeness (QED) is 0.566. The molecular formula is C12H18N2. The second-order valence-electron chi connectivity index (χ2n) is 3.58. The lowest BCUT2D eigenvalue weighted by Gasteiger charge is -2.23. The maximum Gasteiger partial charge on any atom is 0.102 e. The number of para-hydroxylation sites is 1. The summed E-state index contributed by atoms with van der Waals surface area (Å²) in [6, 6.07) is 9.97. The van der Waals surface area contributed by atoms with E-state index in [4.69, 9.17) is 5.73 Å². The number of hydrogen-bond acceptors (Lipinski definition) is 2. The van der Waals surface area contributed by atoms with E-state index >= 15 is 0 Å². The van der Waals surface area contributed by atoms with E-state index in [9.17, 15) is 0 Å². The van der Waals surface area contributed by atoms with Crippen molar-refractivity contribution in [3.8, 4) is 0 Å². The van der Waals surface area contributed by atoms with Crippen molar-refractivity contribution in [3.63, 3.8) is 0 Å². The summed E-state index contributed by atoms with van der Waals surface area (Å²) in [6.45, 7) is 4.04. The van der Waals surface area contributed by atoms with Gasteiger partial charge in [0.1, 0.15) is 5.66 Å². The highest BCUT2D eigenvalue weighted by Gasteiger charge is 2.12. The van der Waals surface area contributed by atoms with Crippen molar-refractivity contribution >= 4 is 5.69 Å². The van der Waals surface area contributed by atoms with Crippen LogP contribution in [-0.4, -0.2) is 5.66 Å². The Morgan fingerprint density at radius 1 is 1.36 bits per heavy atom. The molecule has 1 atom stereocenters. The lowest BCUT2D eigenvalue weighted by molar-refractivity contribution is 0.670. The van der Waals surface area contributed by atoms with Crippen LogP contribution in [0.2, 0.25) is 0 Å². The molecule has 0 aromatic heterocycles. The Morgan fingerprint density at radius 2 is 2.00 bits per heavy atom. The first kappa shape index (κ1) is 10.8. The Hall–Kier alpha value is -1.28. The summed E-state index contributed by atoms with van der Waals surface area (Å²) in [5, 5.41) is 3.24. The summed E-state index contributed by atoms with van der Waals surface area (Å²) in [4.78, 5) is 0. The van der Waals surface area contributed by atoms with Gasteiger partial charge in [0.15, 0.2) is 0 Å². The molecule has 1 aromatic carbocycles. The van der Waals surface area contributed by atoms with Gasteiger partial charge in [0, 0.05) is 5.69 Å². The van der Waals surface area contributed by atoms with Crippen molar-refractivity contribution in [1.29, 1.82) is 0 Å². The third-order valence-electron chi connectivity index (χ3n) is 1.89. The predicted molar refractivity (Wildman–Crippen MR) is 62.1 cm³/mol. The van der Waals surface area contributed by atoms with Crippen LogP contribution in [-0.2, 0) is 0 Å². The molecule has 3 N–H and O–H groups in total. The van der Waals surface area contributed by atoms with Crippen molar-refractivity contribution in [1.82, 2.24) is 0 Å². The van der Waals surface area contributed by atoms with E-state index < -0.39 is 5.66 Å². The van der Waals surface area contributed by atoms with Gasteiger partial charge in [-0.2, -0.15) is 0 Å². The van der Waals surface area contributed by atoms with Crippen LogP contribution < -0.4 is 11.1 Å². The van der Waals surface area contributed by atoms with Crippen molar-refractivity contribution in [2.75, 3.05) is 5.32 Å². The molecule has 76 valence electrons. The van der Waals surface area contributed by atoms with Gasteiger partial charge >= 0.3 is 0 Å². The van der Waals surface area contributed by atoms with Gasteiger partial charge in [-0.3, -0.25) is 0 Å². The molecule has 2 heteroatoms. The highest BCUT2D eigenvalue weighted by atomic mass is 15.1. The SMILES string of the molecule is CC/C=C\C(C)(N)Nc1ccccc1. The monoisotopic (exact) mass is 190 g/mol. The molecule has 0 aliphatic rings. The maximum absolute atomic E-state index is 6.04. The van der Waals surface area contributed by atoms with E-state index in [0.29, 0.717) is 0 Å². The van der Waals surface area contributed by atoms with Gasteiger partial charge < -0.3 is 11.1 Å². The number of rotatable bonds is 4. The van der Waals surface area contributed by atoms with Gasteiger partial charge in [0.25, 0.3) is 0 Å². The smallest absolute Gasteiger partial charge is 0.102 e. The van der Waals surface area contributed by atoms with Gasteiger partial charge in [0.05, 0.1) is 0 Å². The van der Waals surface area contributed by atoms with Gasteiger partial charge in [-0.25, -0.2) is 0 Å². The lowest BCUT2D eigenvalue weighted by atomic mass is 10.1. The normalized spacial score (nSPS) is 15.4. The van der Waals surface area contributed by atoms with E-state index in [1.807, 2.05) is 43.3 Å². The Morgan fingerprint density at radius 3 is 2.57 bits per heavy atom. The minimum absolute atomic E-state index is 0.475. The fourth-order valence-corrected chi connectivity index (χ4v) is 1.24. The first-order valence-electron chi connectivity index (χ1n) is 4.94. The first-order valence-corrected chi connectivity index (χ1v) is 4.94. The summed E-state index contributed by atoms with van der Waals surface area (Å²) in [5.74, 6) is 0. The molecule has 14 heavy (non-hydrogen) atoms. The van der Waals surface area contributed by atoms with E-state index in [1.54, 1.807) is 0 Å². The van der Waals surface area contributed by atoms with Crippen molar-refractivity contribution < 1.29 is 0 Å². The molecule has 0 fully saturated rings. The molecular weight excluding hydrogens is 172 g/mol. The minimum Gasteiger partial charge on any atom is -0.364 e. The van der Waals surface area contributed by atoms with Crippen LogP contribution in [0.1, 0.15) is 20.3 Å². The summed E-state index contributed by atoms with van der Waals surface area (Å²) in [5.41, 5.74) is 6.60. The van der Waals surface area contributed by atoms with Gasteiger partial charge in [-0.15, -0.1) is 0 Å². The zero-order valence-corrected chi connectivity index (χ0v) is 8.83. The average molecular weight is 190 g/mol. The Labute approximate surface area is 85.8 Å². The van der Waals surface area contributed by atoms with E-state index in [2.05, 4.69) is 18.3 Å². The van der Waals surface area contributed by atoms with E-state index in [-0.39, 0.29) is 0 Å². The highest BCUT2D eigenvalue weighted by molar-refractivity contribution is 5.45. The number of nitrogens with two attached hydrogens (primary N) is 1. The summed E-state index contributed by atoms with van der Waals surface area (Å²) in [6.07, 6.45) is 5.05. The van der Waals surface area contributed by atoms with E-state index in [0.717, 1.165) is 12.1 Å². The lowest BCUT2D eigenvalue weighted by Crippen LogP contribution is -2.42. The molecule has 1 unspecified atom stereocenters. The van der Waals surface area contributed by atoms with Crippen molar-refractivity contribution in [2.24, 2.45) is 5.73 Å². The summed E-state index contributed by atoms with van der Waals surface area (Å²) >= 11 is 0. The standard InChI is InChI=1S/C12H18N2/c1-3-4-10-12(2,13)14-11-8-6-5-7-9-11/h4-10,14H,3,13H2,1-2H3/b10-4-. The molecule has 0 amide bonds. The zero-order valence-electron chi connectivity index (χ0n) is 8.83. The van der Waals surface area contributed by atoms with Crippen LogP contribution in [0.5, 0.6) is 0 Å². The zero-order chi connectivity index (χ0) is 10.4. The van der Waals surface area contributed by atoms with Gasteiger partial charge in [-0.05, 0) is 31.6 Å². The van der Waals surface area contributed by atoms with Crippen LogP contribution in [0.3, 0.4) is 0 Å². The number of anilines is 1. The molecule has 1 rings (SSSR count). The molecule has 0 radical (unpaired) electrons. The summed E-state index contributed by atoms with van der Waals surface area (Å²) in [7, 11) is 0. The molecule has 2 nitrogen and oxygen atoms in total. The summed E-state index contributed by atoms with van der Waals surface area (Å²) < 4.78 is 0. The molecule has 0 saturated heterocycles. The van der Waals surface area contributed by atoms with Crippen LogP contribution in [0.4, 0.5) is 5.69 Å². The largest absolute Gasteiger partial charge is 0.364 e. The van der Waals surface area contributed by atoms with Crippen LogP contribution >= 0.6 is 0 Å². The van der Waals surface area contributed by atoms with Crippen molar-refractivity contribution in [2.45, 2.75) is 25.9 Å². The maximum atomic E-state index is 6.04. The number of hydrogen-bond donors (Lipinski definition) is 2. The second-order valence-corrected chi connectivity index (χ2v) is 3.58. The Kier molecular flexibility index (Phi) is 3.72. The topological polar surface area (TPSA) is 38.0 Å². The fourth-order valence-electron chi connectivity index (χ4n) is 1.24. The van der Waals surface area contributed by atoms with Gasteiger partial charge in [0.2, 0.25) is 0 Å². The third-order valence-corrected chi connectivity index (χ3v) is 1.89. The van der Waals surface area contributed by atoms with Crippen LogP contribution in [0, 0.1) is 0 Å².